The van der Waals surface area contributed by atoms with E-state index >= 15 is 0 Å². The van der Waals surface area contributed by atoms with E-state index in [4.69, 9.17) is 0 Å². The van der Waals surface area contributed by atoms with Crippen LogP contribution in [-0.2, 0) is 16.4 Å². The van der Waals surface area contributed by atoms with Crippen LogP contribution in [0.3, 0.4) is 0 Å². The average Bonchev–Trinajstić information content (AvgIpc) is 2.74. The van der Waals surface area contributed by atoms with Gasteiger partial charge in [-0.15, -0.1) is 0 Å². The van der Waals surface area contributed by atoms with E-state index in [2.05, 4.69) is 0 Å². The van der Waals surface area contributed by atoms with Gasteiger partial charge in [0.2, 0.25) is 0 Å². The van der Waals surface area contributed by atoms with Crippen LogP contribution in [0.5, 0.6) is 0 Å². The van der Waals surface area contributed by atoms with Crippen LogP contribution in [0.4, 0.5) is 0 Å². The molecule has 0 aliphatic carbocycles. The van der Waals surface area contributed by atoms with Crippen molar-refractivity contribution in [3.05, 3.63) is 53.7 Å². The molecule has 0 aliphatic heterocycles. The summed E-state index contributed by atoms with van der Waals surface area (Å²) in [6, 6.07) is 12.5. The molecule has 1 aromatic carbocycles. The first-order valence-corrected chi connectivity index (χ1v) is 7.73. The highest BCUT2D eigenvalue weighted by Gasteiger charge is 2.18. The monoisotopic (exact) mass is 277 g/mol. The molecule has 0 radical (unpaired) electrons. The van der Waals surface area contributed by atoms with Crippen molar-refractivity contribution in [1.82, 2.24) is 4.57 Å². The molecular formula is C14H15NO3S. The molecule has 0 unspecified atom stereocenters. The minimum atomic E-state index is -3.36. The molecule has 0 fully saturated rings. The summed E-state index contributed by atoms with van der Waals surface area (Å²) >= 11 is 0. The van der Waals surface area contributed by atoms with E-state index in [1.807, 2.05) is 30.3 Å². The van der Waals surface area contributed by atoms with E-state index in [-0.39, 0.29) is 10.8 Å². The SMILES string of the molecule is CC(=O)c1ccc(S(C)(=O)=O)n1Cc1ccccc1. The van der Waals surface area contributed by atoms with Gasteiger partial charge in [-0.05, 0) is 17.7 Å². The lowest BCUT2D eigenvalue weighted by atomic mass is 10.2. The van der Waals surface area contributed by atoms with Crippen LogP contribution < -0.4 is 0 Å². The smallest absolute Gasteiger partial charge is 0.190 e. The Morgan fingerprint density at radius 2 is 1.74 bits per heavy atom. The lowest BCUT2D eigenvalue weighted by Crippen LogP contribution is -2.13. The number of ketones is 1. The van der Waals surface area contributed by atoms with E-state index in [9.17, 15) is 13.2 Å². The van der Waals surface area contributed by atoms with Gasteiger partial charge in [-0.25, -0.2) is 8.42 Å². The second-order valence-corrected chi connectivity index (χ2v) is 6.42. The van der Waals surface area contributed by atoms with Crippen molar-refractivity contribution in [3.63, 3.8) is 0 Å². The third-order valence-electron chi connectivity index (χ3n) is 2.86. The van der Waals surface area contributed by atoms with Crippen molar-refractivity contribution in [2.24, 2.45) is 0 Å². The molecule has 0 spiro atoms. The average molecular weight is 277 g/mol. The number of Topliss-reactive ketones (excluding diaryl/α,β-unsaturated/α-hetero) is 1. The van der Waals surface area contributed by atoms with Crippen molar-refractivity contribution in [2.45, 2.75) is 18.5 Å². The van der Waals surface area contributed by atoms with Crippen LogP contribution in [0.2, 0.25) is 0 Å². The third-order valence-corrected chi connectivity index (χ3v) is 3.98. The summed E-state index contributed by atoms with van der Waals surface area (Å²) in [4.78, 5) is 11.6. The Labute approximate surface area is 112 Å². The molecule has 1 heterocycles. The lowest BCUT2D eigenvalue weighted by molar-refractivity contribution is 0.100. The summed E-state index contributed by atoms with van der Waals surface area (Å²) in [7, 11) is -3.36. The Morgan fingerprint density at radius 3 is 2.26 bits per heavy atom. The molecule has 5 heteroatoms. The molecule has 4 nitrogen and oxygen atoms in total. The highest BCUT2D eigenvalue weighted by molar-refractivity contribution is 7.90. The van der Waals surface area contributed by atoms with Gasteiger partial charge in [0.05, 0.1) is 5.69 Å². The van der Waals surface area contributed by atoms with E-state index in [0.717, 1.165) is 11.8 Å². The first-order chi connectivity index (χ1) is 8.89. The van der Waals surface area contributed by atoms with E-state index in [1.165, 1.54) is 13.0 Å². The van der Waals surface area contributed by atoms with Gasteiger partial charge in [-0.2, -0.15) is 0 Å². The quantitative estimate of drug-likeness (QED) is 0.805. The summed E-state index contributed by atoms with van der Waals surface area (Å²) in [6.07, 6.45) is 1.15. The Hall–Kier alpha value is -1.88. The van der Waals surface area contributed by atoms with Gasteiger partial charge < -0.3 is 4.57 Å². The Bertz CT molecular complexity index is 700. The molecular weight excluding hydrogens is 262 g/mol. The van der Waals surface area contributed by atoms with Crippen LogP contribution in [-0.4, -0.2) is 25.0 Å². The maximum atomic E-state index is 11.7. The predicted octanol–water partition coefficient (Wildman–Crippen LogP) is 2.14. The Morgan fingerprint density at radius 1 is 1.11 bits per heavy atom. The fourth-order valence-corrected chi connectivity index (χ4v) is 2.89. The number of carbonyl (C=O) groups is 1. The van der Waals surface area contributed by atoms with Crippen LogP contribution in [0, 0.1) is 0 Å². The van der Waals surface area contributed by atoms with Gasteiger partial charge in [-0.1, -0.05) is 30.3 Å². The minimum Gasteiger partial charge on any atom is -0.325 e. The number of benzene rings is 1. The number of carbonyl (C=O) groups excluding carboxylic acids is 1. The zero-order valence-corrected chi connectivity index (χ0v) is 11.6. The summed E-state index contributed by atoms with van der Waals surface area (Å²) in [5.74, 6) is -0.147. The second-order valence-electron chi connectivity index (χ2n) is 4.46. The zero-order chi connectivity index (χ0) is 14.0. The van der Waals surface area contributed by atoms with Gasteiger partial charge in [0.1, 0.15) is 5.03 Å². The first-order valence-electron chi connectivity index (χ1n) is 5.84. The van der Waals surface area contributed by atoms with Gasteiger partial charge in [-0.3, -0.25) is 4.79 Å². The van der Waals surface area contributed by atoms with Crippen molar-refractivity contribution in [1.29, 1.82) is 0 Å². The fraction of sp³-hybridized carbons (Fsp3) is 0.214. The topological polar surface area (TPSA) is 56.1 Å². The molecule has 0 saturated heterocycles. The number of hydrogen-bond donors (Lipinski definition) is 0. The summed E-state index contributed by atoms with van der Waals surface area (Å²) in [5, 5.41) is 0.168. The van der Waals surface area contributed by atoms with Gasteiger partial charge in [0.25, 0.3) is 0 Å². The Balaban J connectivity index is 2.53. The van der Waals surface area contributed by atoms with E-state index < -0.39 is 9.84 Å². The van der Waals surface area contributed by atoms with Crippen molar-refractivity contribution >= 4 is 15.6 Å². The van der Waals surface area contributed by atoms with Crippen molar-refractivity contribution in [2.75, 3.05) is 6.26 Å². The minimum absolute atomic E-state index is 0.147. The molecule has 0 atom stereocenters. The number of nitrogens with zero attached hydrogens (tertiary/aromatic N) is 1. The van der Waals surface area contributed by atoms with E-state index in [1.54, 1.807) is 10.6 Å². The zero-order valence-electron chi connectivity index (χ0n) is 10.8. The van der Waals surface area contributed by atoms with Crippen LogP contribution in [0.15, 0.2) is 47.5 Å². The number of hydrogen-bond acceptors (Lipinski definition) is 3. The maximum Gasteiger partial charge on any atom is 0.190 e. The number of sulfone groups is 1. The molecule has 0 saturated carbocycles. The van der Waals surface area contributed by atoms with Gasteiger partial charge in [0, 0.05) is 19.7 Å². The fourth-order valence-electron chi connectivity index (χ4n) is 2.01. The molecule has 1 aromatic heterocycles. The largest absolute Gasteiger partial charge is 0.325 e. The van der Waals surface area contributed by atoms with Gasteiger partial charge >= 0.3 is 0 Å². The molecule has 100 valence electrons. The summed E-state index contributed by atoms with van der Waals surface area (Å²) in [6.45, 7) is 1.80. The normalized spacial score (nSPS) is 11.5. The molecule has 0 aliphatic rings. The van der Waals surface area contributed by atoms with Crippen molar-refractivity contribution < 1.29 is 13.2 Å². The van der Waals surface area contributed by atoms with Crippen molar-refractivity contribution in [3.8, 4) is 0 Å². The molecule has 0 amide bonds. The molecule has 2 rings (SSSR count). The number of rotatable bonds is 4. The third kappa shape index (κ3) is 2.93. The van der Waals surface area contributed by atoms with Crippen LogP contribution in [0.25, 0.3) is 0 Å². The maximum absolute atomic E-state index is 11.7. The number of aromatic nitrogens is 1. The van der Waals surface area contributed by atoms with Crippen LogP contribution >= 0.6 is 0 Å². The standard InChI is InChI=1S/C14H15NO3S/c1-11(16)13-8-9-14(19(2,17)18)15(13)10-12-6-4-3-5-7-12/h3-9H,10H2,1-2H3. The Kier molecular flexibility index (Phi) is 3.57. The summed E-state index contributed by atoms with van der Waals surface area (Å²) < 4.78 is 25.0. The molecule has 19 heavy (non-hydrogen) atoms. The second kappa shape index (κ2) is 5.01. The van der Waals surface area contributed by atoms with E-state index in [0.29, 0.717) is 12.2 Å². The highest BCUT2D eigenvalue weighted by Crippen LogP contribution is 2.17. The summed E-state index contributed by atoms with van der Waals surface area (Å²) in [5.41, 5.74) is 1.36. The molecule has 2 aromatic rings. The predicted molar refractivity (Wildman–Crippen MR) is 73.1 cm³/mol. The van der Waals surface area contributed by atoms with Gasteiger partial charge in [0.15, 0.2) is 15.6 Å². The lowest BCUT2D eigenvalue weighted by Gasteiger charge is -2.11. The molecule has 0 N–H and O–H groups in total. The molecule has 0 bridgehead atoms. The van der Waals surface area contributed by atoms with Crippen LogP contribution in [0.1, 0.15) is 23.0 Å². The first kappa shape index (κ1) is 13.5. The highest BCUT2D eigenvalue weighted by atomic mass is 32.2.